The average molecular weight is 330 g/mol. The lowest BCUT2D eigenvalue weighted by Crippen LogP contribution is -2.04. The van der Waals surface area contributed by atoms with E-state index in [-0.39, 0.29) is 0 Å². The molecule has 96 valence electrons. The van der Waals surface area contributed by atoms with Crippen LogP contribution in [0.15, 0.2) is 34.9 Å². The smallest absolute Gasteiger partial charge is 0.0808 e. The molecule has 5 heteroatoms. The Hall–Kier alpha value is -0.840. The van der Waals surface area contributed by atoms with Crippen LogP contribution in [0.4, 0.5) is 0 Å². The quantitative estimate of drug-likeness (QED) is 0.932. The molecule has 0 aliphatic heterocycles. The largest absolute Gasteiger partial charge is 0.388 e. The van der Waals surface area contributed by atoms with Crippen LogP contribution in [0.5, 0.6) is 0 Å². The molecule has 1 atom stereocenters. The molecule has 2 rings (SSSR count). The molecule has 18 heavy (non-hydrogen) atoms. The topological polar surface area (TPSA) is 38.0 Å². The number of hydrogen-bond donors (Lipinski definition) is 1. The summed E-state index contributed by atoms with van der Waals surface area (Å²) in [5.41, 5.74) is 1.87. The van der Waals surface area contributed by atoms with Crippen molar-refractivity contribution in [3.05, 3.63) is 51.2 Å². The summed E-state index contributed by atoms with van der Waals surface area (Å²) in [6.07, 6.45) is 2.60. The zero-order chi connectivity index (χ0) is 13.1. The molecule has 0 spiro atoms. The van der Waals surface area contributed by atoms with Crippen LogP contribution in [0, 0.1) is 0 Å². The number of aryl methyl sites for hydroxylation is 2. The maximum absolute atomic E-state index is 10.2. The Labute approximate surface area is 120 Å². The standard InChI is InChI=1S/C13H14BrClN2O/c1-17-10(6-7-16-17)3-5-13(18)11-4-2-9(14)8-12(11)15/h2,4,6-8,13,18H,3,5H2,1H3. The zero-order valence-corrected chi connectivity index (χ0v) is 12.3. The highest BCUT2D eigenvalue weighted by Crippen LogP contribution is 2.28. The summed E-state index contributed by atoms with van der Waals surface area (Å²) < 4.78 is 2.73. The van der Waals surface area contributed by atoms with Gasteiger partial charge in [0.15, 0.2) is 0 Å². The molecule has 0 aliphatic rings. The number of hydrogen-bond acceptors (Lipinski definition) is 2. The van der Waals surface area contributed by atoms with Crippen molar-refractivity contribution in [2.45, 2.75) is 18.9 Å². The van der Waals surface area contributed by atoms with E-state index in [1.165, 1.54) is 0 Å². The summed E-state index contributed by atoms with van der Waals surface area (Å²) in [5.74, 6) is 0. The summed E-state index contributed by atoms with van der Waals surface area (Å²) in [6, 6.07) is 7.48. The van der Waals surface area contributed by atoms with E-state index < -0.39 is 6.10 Å². The van der Waals surface area contributed by atoms with Gasteiger partial charge in [0.1, 0.15) is 0 Å². The Kier molecular flexibility index (Phi) is 4.43. The van der Waals surface area contributed by atoms with Gasteiger partial charge in [0.2, 0.25) is 0 Å². The zero-order valence-electron chi connectivity index (χ0n) is 9.98. The second-order valence-electron chi connectivity index (χ2n) is 4.17. The average Bonchev–Trinajstić information content (AvgIpc) is 2.72. The lowest BCUT2D eigenvalue weighted by atomic mass is 10.0. The molecule has 1 aromatic heterocycles. The highest BCUT2D eigenvalue weighted by molar-refractivity contribution is 9.10. The highest BCUT2D eigenvalue weighted by atomic mass is 79.9. The molecule has 2 aromatic rings. The SMILES string of the molecule is Cn1nccc1CCC(O)c1ccc(Br)cc1Cl. The summed E-state index contributed by atoms with van der Waals surface area (Å²) >= 11 is 9.46. The molecule has 0 amide bonds. The van der Waals surface area contributed by atoms with Crippen LogP contribution >= 0.6 is 27.5 Å². The predicted octanol–water partition coefficient (Wildman–Crippen LogP) is 3.50. The number of benzene rings is 1. The van der Waals surface area contributed by atoms with E-state index in [1.54, 1.807) is 12.3 Å². The van der Waals surface area contributed by atoms with E-state index in [0.717, 1.165) is 22.2 Å². The van der Waals surface area contributed by atoms with Crippen LogP contribution < -0.4 is 0 Å². The van der Waals surface area contributed by atoms with Gasteiger partial charge in [-0.2, -0.15) is 5.10 Å². The minimum absolute atomic E-state index is 0.555. The molecule has 0 saturated heterocycles. The molecule has 1 aromatic carbocycles. The Morgan fingerprint density at radius 1 is 1.44 bits per heavy atom. The van der Waals surface area contributed by atoms with Crippen LogP contribution in [0.1, 0.15) is 23.8 Å². The third-order valence-electron chi connectivity index (χ3n) is 2.92. The maximum Gasteiger partial charge on any atom is 0.0808 e. The highest BCUT2D eigenvalue weighted by Gasteiger charge is 2.12. The molecule has 0 bridgehead atoms. The van der Waals surface area contributed by atoms with Crippen molar-refractivity contribution < 1.29 is 5.11 Å². The first kappa shape index (κ1) is 13.6. The van der Waals surface area contributed by atoms with Gasteiger partial charge >= 0.3 is 0 Å². The predicted molar refractivity (Wildman–Crippen MR) is 75.6 cm³/mol. The van der Waals surface area contributed by atoms with Crippen LogP contribution in [0.25, 0.3) is 0 Å². The lowest BCUT2D eigenvalue weighted by Gasteiger charge is -2.13. The number of aromatic nitrogens is 2. The van der Waals surface area contributed by atoms with Crippen molar-refractivity contribution >= 4 is 27.5 Å². The molecule has 1 heterocycles. The van der Waals surface area contributed by atoms with E-state index in [4.69, 9.17) is 11.6 Å². The minimum Gasteiger partial charge on any atom is -0.388 e. The number of rotatable bonds is 4. The second kappa shape index (κ2) is 5.87. The summed E-state index contributed by atoms with van der Waals surface area (Å²) in [5, 5.41) is 14.8. The normalized spacial score (nSPS) is 12.7. The van der Waals surface area contributed by atoms with Crippen molar-refractivity contribution in [1.29, 1.82) is 0 Å². The molecule has 1 unspecified atom stereocenters. The van der Waals surface area contributed by atoms with Gasteiger partial charge in [-0.15, -0.1) is 0 Å². The van der Waals surface area contributed by atoms with Crippen molar-refractivity contribution in [1.82, 2.24) is 9.78 Å². The van der Waals surface area contributed by atoms with Gasteiger partial charge in [-0.25, -0.2) is 0 Å². The fourth-order valence-electron chi connectivity index (χ4n) is 1.86. The molecule has 0 fully saturated rings. The Morgan fingerprint density at radius 3 is 2.83 bits per heavy atom. The third kappa shape index (κ3) is 3.13. The van der Waals surface area contributed by atoms with Crippen LogP contribution in [0.3, 0.4) is 0 Å². The van der Waals surface area contributed by atoms with Gasteiger partial charge in [0.05, 0.1) is 6.10 Å². The molecule has 0 saturated carbocycles. The Bertz CT molecular complexity index is 542. The fraction of sp³-hybridized carbons (Fsp3) is 0.308. The number of halogens is 2. The van der Waals surface area contributed by atoms with Crippen molar-refractivity contribution in [3.63, 3.8) is 0 Å². The third-order valence-corrected chi connectivity index (χ3v) is 3.74. The molecule has 3 nitrogen and oxygen atoms in total. The molecular formula is C13H14BrClN2O. The summed E-state index contributed by atoms with van der Waals surface area (Å²) in [4.78, 5) is 0. The first-order valence-electron chi connectivity index (χ1n) is 5.68. The van der Waals surface area contributed by atoms with Crippen LogP contribution in [-0.2, 0) is 13.5 Å². The van der Waals surface area contributed by atoms with E-state index >= 15 is 0 Å². The van der Waals surface area contributed by atoms with Crippen molar-refractivity contribution in [2.75, 3.05) is 0 Å². The van der Waals surface area contributed by atoms with E-state index in [2.05, 4.69) is 21.0 Å². The van der Waals surface area contributed by atoms with E-state index in [0.29, 0.717) is 11.4 Å². The number of aliphatic hydroxyl groups excluding tert-OH is 1. The lowest BCUT2D eigenvalue weighted by molar-refractivity contribution is 0.167. The van der Waals surface area contributed by atoms with E-state index in [1.807, 2.05) is 29.9 Å². The van der Waals surface area contributed by atoms with E-state index in [9.17, 15) is 5.11 Å². The van der Waals surface area contributed by atoms with Crippen molar-refractivity contribution in [3.8, 4) is 0 Å². The molecular weight excluding hydrogens is 316 g/mol. The first-order valence-corrected chi connectivity index (χ1v) is 6.85. The number of aliphatic hydroxyl groups is 1. The maximum atomic E-state index is 10.2. The first-order chi connectivity index (χ1) is 8.58. The Morgan fingerprint density at radius 2 is 2.22 bits per heavy atom. The Balaban J connectivity index is 2.03. The minimum atomic E-state index is -0.555. The van der Waals surface area contributed by atoms with Crippen LogP contribution in [0.2, 0.25) is 5.02 Å². The van der Waals surface area contributed by atoms with Crippen molar-refractivity contribution in [2.24, 2.45) is 7.05 Å². The molecule has 0 aliphatic carbocycles. The second-order valence-corrected chi connectivity index (χ2v) is 5.49. The summed E-state index contributed by atoms with van der Waals surface area (Å²) in [7, 11) is 1.90. The van der Waals surface area contributed by atoms with Gasteiger partial charge in [0.25, 0.3) is 0 Å². The van der Waals surface area contributed by atoms with Gasteiger partial charge in [-0.05, 0) is 36.6 Å². The molecule has 1 N–H and O–H groups in total. The van der Waals surface area contributed by atoms with Crippen LogP contribution in [-0.4, -0.2) is 14.9 Å². The summed E-state index contributed by atoms with van der Waals surface area (Å²) in [6.45, 7) is 0. The van der Waals surface area contributed by atoms with Gasteiger partial charge in [0, 0.05) is 28.4 Å². The van der Waals surface area contributed by atoms with Gasteiger partial charge in [-0.1, -0.05) is 33.6 Å². The number of nitrogens with zero attached hydrogens (tertiary/aromatic N) is 2. The van der Waals surface area contributed by atoms with Gasteiger partial charge < -0.3 is 5.11 Å². The van der Waals surface area contributed by atoms with Gasteiger partial charge in [-0.3, -0.25) is 4.68 Å². The monoisotopic (exact) mass is 328 g/mol. The molecule has 0 radical (unpaired) electrons. The fourth-order valence-corrected chi connectivity index (χ4v) is 2.66.